The number of carbonyl (C=O) groups is 4. The number of carbonyl (C=O) groups excluding carboxylic acids is 4. The van der Waals surface area contributed by atoms with E-state index in [4.69, 9.17) is 0 Å². The van der Waals surface area contributed by atoms with Crippen molar-refractivity contribution in [3.63, 3.8) is 0 Å². The van der Waals surface area contributed by atoms with Gasteiger partial charge in [-0.05, 0) is 55.7 Å². The van der Waals surface area contributed by atoms with Crippen molar-refractivity contribution < 1.29 is 19.2 Å². The van der Waals surface area contributed by atoms with E-state index in [1.807, 2.05) is 18.2 Å². The number of hydrogen-bond donors (Lipinski definition) is 2. The number of aromatic nitrogens is 2. The van der Waals surface area contributed by atoms with Gasteiger partial charge in [-0.3, -0.25) is 14.4 Å². The lowest BCUT2D eigenvalue weighted by atomic mass is 9.92. The van der Waals surface area contributed by atoms with Gasteiger partial charge in [0, 0.05) is 25.2 Å². The van der Waals surface area contributed by atoms with E-state index in [9.17, 15) is 19.2 Å². The van der Waals surface area contributed by atoms with Crippen molar-refractivity contribution in [2.24, 2.45) is 17.8 Å². The van der Waals surface area contributed by atoms with Gasteiger partial charge in [0.1, 0.15) is 12.3 Å². The molecular weight excluding hydrogens is 410 g/mol. The summed E-state index contributed by atoms with van der Waals surface area (Å²) in [6, 6.07) is 5.96. The number of fused-ring (bicyclic) bond motifs is 2. The second-order valence-corrected chi connectivity index (χ2v) is 9.12. The van der Waals surface area contributed by atoms with Crippen LogP contribution in [0.25, 0.3) is 5.52 Å². The van der Waals surface area contributed by atoms with E-state index in [1.54, 1.807) is 21.7 Å². The summed E-state index contributed by atoms with van der Waals surface area (Å²) in [5.74, 6) is -0.566. The summed E-state index contributed by atoms with van der Waals surface area (Å²) in [6.45, 7) is 1.11. The van der Waals surface area contributed by atoms with Crippen molar-refractivity contribution in [2.45, 2.75) is 44.2 Å². The van der Waals surface area contributed by atoms with E-state index in [0.717, 1.165) is 24.8 Å². The topological polar surface area (TPSA) is 113 Å². The van der Waals surface area contributed by atoms with Crippen molar-refractivity contribution in [1.29, 1.82) is 0 Å². The minimum Gasteiger partial charge on any atom is -0.356 e. The fourth-order valence-electron chi connectivity index (χ4n) is 5.63. The van der Waals surface area contributed by atoms with Gasteiger partial charge < -0.3 is 20.3 Å². The predicted molar refractivity (Wildman–Crippen MR) is 115 cm³/mol. The van der Waals surface area contributed by atoms with Crippen LogP contribution in [0.4, 0.5) is 0 Å². The lowest BCUT2D eigenvalue weighted by Crippen LogP contribution is -2.52. The van der Waals surface area contributed by atoms with E-state index >= 15 is 0 Å². The number of likely N-dealkylation sites (tertiary alicyclic amines) is 1. The molecular formula is C23H27N5O4. The van der Waals surface area contributed by atoms with Gasteiger partial charge in [-0.2, -0.15) is 5.10 Å². The van der Waals surface area contributed by atoms with Gasteiger partial charge in [0.2, 0.25) is 11.8 Å². The fourth-order valence-corrected chi connectivity index (χ4v) is 5.63. The van der Waals surface area contributed by atoms with Crippen LogP contribution in [0.3, 0.4) is 0 Å². The van der Waals surface area contributed by atoms with Crippen LogP contribution in [-0.4, -0.2) is 63.7 Å². The molecule has 1 saturated carbocycles. The molecule has 0 spiro atoms. The minimum absolute atomic E-state index is 0.0773. The van der Waals surface area contributed by atoms with E-state index in [2.05, 4.69) is 15.7 Å². The maximum Gasteiger partial charge on any atom is 0.275 e. The average molecular weight is 438 g/mol. The van der Waals surface area contributed by atoms with Gasteiger partial charge >= 0.3 is 0 Å². The number of hydrogen-bond acceptors (Lipinski definition) is 5. The predicted octanol–water partition coefficient (Wildman–Crippen LogP) is 0.785. The number of rotatable bonds is 6. The highest BCUT2D eigenvalue weighted by Crippen LogP contribution is 2.42. The highest BCUT2D eigenvalue weighted by atomic mass is 16.2. The number of amides is 3. The van der Waals surface area contributed by atoms with Gasteiger partial charge in [-0.25, -0.2) is 4.52 Å². The Balaban J connectivity index is 1.35. The molecule has 2 unspecified atom stereocenters. The summed E-state index contributed by atoms with van der Waals surface area (Å²) >= 11 is 0. The summed E-state index contributed by atoms with van der Waals surface area (Å²) in [6.07, 6.45) is 6.32. The molecule has 2 aliphatic heterocycles. The Morgan fingerprint density at radius 2 is 2.16 bits per heavy atom. The molecule has 5 rings (SSSR count). The summed E-state index contributed by atoms with van der Waals surface area (Å²) in [5, 5.41) is 9.98. The van der Waals surface area contributed by atoms with Crippen LogP contribution in [-0.2, 0) is 14.4 Å². The largest absolute Gasteiger partial charge is 0.356 e. The van der Waals surface area contributed by atoms with Gasteiger partial charge in [0.25, 0.3) is 5.91 Å². The van der Waals surface area contributed by atoms with Crippen LogP contribution in [0, 0.1) is 17.8 Å². The first-order valence-electron chi connectivity index (χ1n) is 11.3. The molecule has 2 N–H and O–H groups in total. The zero-order valence-corrected chi connectivity index (χ0v) is 17.8. The maximum absolute atomic E-state index is 13.4. The molecule has 2 aromatic heterocycles. The Labute approximate surface area is 185 Å². The first-order valence-corrected chi connectivity index (χ1v) is 11.3. The second-order valence-electron chi connectivity index (χ2n) is 9.12. The number of aldehydes is 1. The lowest BCUT2D eigenvalue weighted by Gasteiger charge is -2.28. The van der Waals surface area contributed by atoms with Crippen molar-refractivity contribution in [1.82, 2.24) is 25.1 Å². The number of nitrogens with one attached hydrogen (secondary N) is 2. The molecule has 1 aliphatic carbocycles. The van der Waals surface area contributed by atoms with Crippen molar-refractivity contribution in [3.05, 3.63) is 36.2 Å². The second kappa shape index (κ2) is 8.37. The molecule has 2 aromatic rings. The van der Waals surface area contributed by atoms with Crippen LogP contribution in [0.1, 0.15) is 42.6 Å². The molecule has 9 nitrogen and oxygen atoms in total. The molecule has 3 fully saturated rings. The zero-order valence-electron chi connectivity index (χ0n) is 17.8. The van der Waals surface area contributed by atoms with Crippen LogP contribution >= 0.6 is 0 Å². The third-order valence-electron chi connectivity index (χ3n) is 7.20. The molecule has 0 aromatic carbocycles. The van der Waals surface area contributed by atoms with Crippen LogP contribution in [0.5, 0.6) is 0 Å². The normalized spacial score (nSPS) is 27.9. The molecule has 2 saturated heterocycles. The Hall–Kier alpha value is -3.23. The molecule has 4 heterocycles. The van der Waals surface area contributed by atoms with Crippen molar-refractivity contribution in [3.8, 4) is 0 Å². The van der Waals surface area contributed by atoms with Gasteiger partial charge in [-0.1, -0.05) is 12.5 Å². The molecule has 5 atom stereocenters. The molecule has 32 heavy (non-hydrogen) atoms. The quantitative estimate of drug-likeness (QED) is 0.649. The van der Waals surface area contributed by atoms with Gasteiger partial charge in [0.15, 0.2) is 5.69 Å². The summed E-state index contributed by atoms with van der Waals surface area (Å²) in [4.78, 5) is 51.9. The molecule has 168 valence electrons. The lowest BCUT2D eigenvalue weighted by molar-refractivity contribution is -0.129. The first-order chi connectivity index (χ1) is 15.5. The molecule has 3 aliphatic rings. The van der Waals surface area contributed by atoms with E-state index in [0.29, 0.717) is 31.5 Å². The maximum atomic E-state index is 13.4. The number of nitrogens with zero attached hydrogens (tertiary/aromatic N) is 3. The SMILES string of the molecule is O=C[C@H](C[C@@H]1CCNC1=O)NC(=O)[C@H]1C2CCCC2CN1C(=O)c1cc2ccccn2n1. The Bertz CT molecular complexity index is 1030. The van der Waals surface area contributed by atoms with Crippen LogP contribution in [0.15, 0.2) is 30.5 Å². The molecule has 0 bridgehead atoms. The average Bonchev–Trinajstić information content (AvgIpc) is 3.56. The van der Waals surface area contributed by atoms with E-state index in [1.165, 1.54) is 0 Å². The van der Waals surface area contributed by atoms with Crippen molar-refractivity contribution >= 4 is 29.5 Å². The zero-order chi connectivity index (χ0) is 22.2. The summed E-state index contributed by atoms with van der Waals surface area (Å²) in [5.41, 5.74) is 1.12. The summed E-state index contributed by atoms with van der Waals surface area (Å²) < 4.78 is 1.65. The van der Waals surface area contributed by atoms with E-state index in [-0.39, 0.29) is 41.9 Å². The molecule has 3 amide bonds. The monoisotopic (exact) mass is 437 g/mol. The Morgan fingerprint density at radius 1 is 1.28 bits per heavy atom. The van der Waals surface area contributed by atoms with Gasteiger partial charge in [-0.15, -0.1) is 0 Å². The van der Waals surface area contributed by atoms with Crippen LogP contribution in [0.2, 0.25) is 0 Å². The Kier molecular flexibility index (Phi) is 5.40. The van der Waals surface area contributed by atoms with Crippen LogP contribution < -0.4 is 10.6 Å². The standard InChI is InChI=1S/C23H27N5O4/c29-13-16(10-14-7-8-24-21(14)30)25-22(31)20-18-6-3-4-15(18)12-27(20)23(32)19-11-17-5-1-2-9-28(17)26-19/h1-2,5,9,11,13-16,18,20H,3-4,6-8,10,12H2,(H,24,30)(H,25,31)/t14-,15?,16-,18?,20+/m0/s1. The van der Waals surface area contributed by atoms with Gasteiger partial charge in [0.05, 0.1) is 11.6 Å². The Morgan fingerprint density at radius 3 is 2.91 bits per heavy atom. The molecule has 0 radical (unpaired) electrons. The van der Waals surface area contributed by atoms with Crippen molar-refractivity contribution in [2.75, 3.05) is 13.1 Å². The first kappa shape index (κ1) is 20.7. The smallest absolute Gasteiger partial charge is 0.275 e. The third kappa shape index (κ3) is 3.65. The highest BCUT2D eigenvalue weighted by Gasteiger charge is 2.50. The third-order valence-corrected chi connectivity index (χ3v) is 7.20. The summed E-state index contributed by atoms with van der Waals surface area (Å²) in [7, 11) is 0. The fraction of sp³-hybridized carbons (Fsp3) is 0.522. The number of pyridine rings is 1. The van der Waals surface area contributed by atoms with E-state index < -0.39 is 12.1 Å². The molecule has 9 heteroatoms. The highest BCUT2D eigenvalue weighted by molar-refractivity contribution is 5.98. The minimum atomic E-state index is -0.746.